The van der Waals surface area contributed by atoms with Crippen LogP contribution in [0.3, 0.4) is 0 Å². The lowest BCUT2D eigenvalue weighted by molar-refractivity contribution is -0.274. The lowest BCUT2D eigenvalue weighted by Crippen LogP contribution is -2.46. The molecule has 0 spiro atoms. The summed E-state index contributed by atoms with van der Waals surface area (Å²) in [5, 5.41) is 0.924. The van der Waals surface area contributed by atoms with Gasteiger partial charge in [0.2, 0.25) is 5.91 Å². The number of alkyl halides is 3. The first-order valence-electron chi connectivity index (χ1n) is 12.2. The first-order chi connectivity index (χ1) is 17.9. The van der Waals surface area contributed by atoms with Crippen molar-refractivity contribution in [1.82, 2.24) is 9.62 Å². The van der Waals surface area contributed by atoms with Gasteiger partial charge in [-0.25, -0.2) is 13.1 Å². The number of carbonyl (C=O) groups is 1. The molecule has 4 rings (SSSR count). The van der Waals surface area contributed by atoms with E-state index in [-0.39, 0.29) is 11.0 Å². The van der Waals surface area contributed by atoms with Gasteiger partial charge in [0.15, 0.2) is 0 Å². The molecule has 1 saturated heterocycles. The number of nitrogens with one attached hydrogen (secondary N) is 1. The molecule has 1 N–H and O–H groups in total. The van der Waals surface area contributed by atoms with Crippen molar-refractivity contribution < 1.29 is 35.9 Å². The molecular formula is C25H27Cl2F3N2O5S. The Balaban J connectivity index is 1.22. The summed E-state index contributed by atoms with van der Waals surface area (Å²) in [5.74, 6) is -0.923. The van der Waals surface area contributed by atoms with E-state index in [1.54, 1.807) is 18.2 Å². The van der Waals surface area contributed by atoms with Gasteiger partial charge < -0.3 is 14.4 Å². The summed E-state index contributed by atoms with van der Waals surface area (Å²) in [6.45, 7) is 1.71. The van der Waals surface area contributed by atoms with Gasteiger partial charge >= 0.3 is 6.36 Å². The van der Waals surface area contributed by atoms with E-state index in [9.17, 15) is 26.4 Å². The van der Waals surface area contributed by atoms with Crippen LogP contribution in [-0.4, -0.2) is 50.8 Å². The van der Waals surface area contributed by atoms with Crippen LogP contribution in [0, 0.1) is 5.92 Å². The lowest BCUT2D eigenvalue weighted by atomic mass is 9.84. The second kappa shape index (κ2) is 11.9. The first-order valence-corrected chi connectivity index (χ1v) is 14.4. The van der Waals surface area contributed by atoms with Gasteiger partial charge in [-0.05, 0) is 74.9 Å². The number of ether oxygens (including phenoxy) is 2. The highest BCUT2D eigenvalue weighted by Gasteiger charge is 2.34. The molecule has 0 atom stereocenters. The summed E-state index contributed by atoms with van der Waals surface area (Å²) in [7, 11) is -4.22. The van der Waals surface area contributed by atoms with Crippen molar-refractivity contribution >= 4 is 39.1 Å². The molecular weight excluding hydrogens is 568 g/mol. The second-order valence-corrected chi connectivity index (χ2v) is 11.9. The van der Waals surface area contributed by atoms with Crippen molar-refractivity contribution in [3.63, 3.8) is 0 Å². The van der Waals surface area contributed by atoms with Crippen molar-refractivity contribution in [2.24, 2.45) is 5.92 Å². The number of halogens is 5. The summed E-state index contributed by atoms with van der Waals surface area (Å²) in [5.41, 5.74) is 0. The van der Waals surface area contributed by atoms with Gasteiger partial charge in [0.05, 0.1) is 14.9 Å². The number of hydrogen-bond donors (Lipinski definition) is 1. The monoisotopic (exact) mass is 594 g/mol. The van der Waals surface area contributed by atoms with E-state index in [1.165, 1.54) is 0 Å². The quantitative estimate of drug-likeness (QED) is 0.436. The number of nitrogens with zero attached hydrogens (tertiary/aromatic N) is 1. The maximum absolute atomic E-state index is 12.7. The van der Waals surface area contributed by atoms with E-state index in [1.807, 2.05) is 0 Å². The predicted molar refractivity (Wildman–Crippen MR) is 136 cm³/mol. The molecule has 2 aliphatic rings. The smallest absolute Gasteiger partial charge is 0.490 e. The molecule has 0 bridgehead atoms. The van der Waals surface area contributed by atoms with Crippen LogP contribution in [0.4, 0.5) is 13.2 Å². The highest BCUT2D eigenvalue weighted by Crippen LogP contribution is 2.32. The number of carbonyl (C=O) groups excluding carboxylic acids is 1. The Kier molecular flexibility index (Phi) is 9.01. The normalized spacial score (nSPS) is 21.6. The van der Waals surface area contributed by atoms with Crippen molar-refractivity contribution in [2.45, 2.75) is 61.9 Å². The third-order valence-corrected chi connectivity index (χ3v) is 8.96. The fraction of sp³-hybridized carbons (Fsp3) is 0.480. The number of amides is 1. The van der Waals surface area contributed by atoms with Crippen LogP contribution in [0.5, 0.6) is 11.5 Å². The zero-order valence-corrected chi connectivity index (χ0v) is 22.5. The number of sulfonamides is 1. The highest BCUT2D eigenvalue weighted by atomic mass is 35.5. The van der Waals surface area contributed by atoms with Gasteiger partial charge in [-0.15, -0.1) is 13.2 Å². The molecule has 1 amide bonds. The Morgan fingerprint density at radius 3 is 2.08 bits per heavy atom. The topological polar surface area (TPSA) is 84.9 Å². The van der Waals surface area contributed by atoms with Gasteiger partial charge in [-0.3, -0.25) is 4.79 Å². The number of piperidine rings is 1. The molecule has 2 fully saturated rings. The molecule has 7 nitrogen and oxygen atoms in total. The molecule has 1 aliphatic carbocycles. The zero-order valence-electron chi connectivity index (χ0n) is 20.2. The van der Waals surface area contributed by atoms with Gasteiger partial charge in [-0.1, -0.05) is 23.2 Å². The third-order valence-electron chi connectivity index (χ3n) is 6.86. The molecule has 13 heteroatoms. The number of likely N-dealkylation sites (tertiary alicyclic amines) is 1. The van der Waals surface area contributed by atoms with E-state index in [0.29, 0.717) is 34.7 Å². The van der Waals surface area contributed by atoms with Gasteiger partial charge in [-0.2, -0.15) is 0 Å². The van der Waals surface area contributed by atoms with Gasteiger partial charge in [0.1, 0.15) is 17.6 Å². The SMILES string of the molecule is O=C(NS(=O)(=O)c1ccc(OC(F)(F)F)cc1)C1CCC(N2CCC(Oc3ccc(Cl)c(Cl)c3)CC2)CC1. The maximum atomic E-state index is 12.7. The van der Waals surface area contributed by atoms with Crippen LogP contribution in [0.25, 0.3) is 0 Å². The average Bonchev–Trinajstić information content (AvgIpc) is 2.86. The number of rotatable bonds is 7. The van der Waals surface area contributed by atoms with Gasteiger partial charge in [0.25, 0.3) is 10.0 Å². The standard InChI is InChI=1S/C25H27Cl2F3N2O5S/c26-22-10-7-20(15-23(22)27)36-18-11-13-32(14-12-18)17-3-1-16(2-4-17)24(33)31-38(34,35)21-8-5-19(6-9-21)37-25(28,29)30/h5-10,15-18H,1-4,11-14H2,(H,31,33). The zero-order chi connectivity index (χ0) is 27.5. The van der Waals surface area contributed by atoms with Crippen molar-refractivity contribution in [1.29, 1.82) is 0 Å². The Bertz CT molecular complexity index is 1230. The van der Waals surface area contributed by atoms with E-state index in [4.69, 9.17) is 27.9 Å². The largest absolute Gasteiger partial charge is 0.573 e. The average molecular weight is 595 g/mol. The van der Waals surface area contributed by atoms with Gasteiger partial charge in [0, 0.05) is 31.1 Å². The molecule has 38 heavy (non-hydrogen) atoms. The second-order valence-electron chi connectivity index (χ2n) is 9.42. The Morgan fingerprint density at radius 1 is 0.895 bits per heavy atom. The summed E-state index contributed by atoms with van der Waals surface area (Å²) in [6.07, 6.45) is -0.487. The van der Waals surface area contributed by atoms with Crippen LogP contribution >= 0.6 is 23.2 Å². The minimum Gasteiger partial charge on any atom is -0.490 e. The molecule has 0 aromatic heterocycles. The minimum absolute atomic E-state index is 0.0740. The Hall–Kier alpha value is -2.21. The minimum atomic E-state index is -4.89. The van der Waals surface area contributed by atoms with E-state index in [0.717, 1.165) is 63.0 Å². The first kappa shape index (κ1) is 28.8. The number of hydrogen-bond acceptors (Lipinski definition) is 6. The van der Waals surface area contributed by atoms with E-state index in [2.05, 4.69) is 14.4 Å². The summed E-state index contributed by atoms with van der Waals surface area (Å²) >= 11 is 12.0. The van der Waals surface area contributed by atoms with E-state index < -0.39 is 34.0 Å². The molecule has 2 aromatic rings. The Morgan fingerprint density at radius 2 is 1.50 bits per heavy atom. The van der Waals surface area contributed by atoms with E-state index >= 15 is 0 Å². The molecule has 0 unspecified atom stereocenters. The lowest BCUT2D eigenvalue weighted by Gasteiger charge is -2.40. The maximum Gasteiger partial charge on any atom is 0.573 e. The van der Waals surface area contributed by atoms with Crippen molar-refractivity contribution in [2.75, 3.05) is 13.1 Å². The third kappa shape index (κ3) is 7.68. The van der Waals surface area contributed by atoms with Crippen LogP contribution in [0.15, 0.2) is 47.4 Å². The van der Waals surface area contributed by atoms with Crippen LogP contribution in [0.1, 0.15) is 38.5 Å². The Labute approximate surface area is 229 Å². The van der Waals surface area contributed by atoms with Crippen molar-refractivity contribution in [3.8, 4) is 11.5 Å². The fourth-order valence-corrected chi connectivity index (χ4v) is 6.23. The molecule has 0 radical (unpaired) electrons. The predicted octanol–water partition coefficient (Wildman–Crippen LogP) is 5.80. The van der Waals surface area contributed by atoms with Crippen LogP contribution in [-0.2, 0) is 14.8 Å². The summed E-state index contributed by atoms with van der Waals surface area (Å²) in [4.78, 5) is 14.7. The molecule has 2 aromatic carbocycles. The summed E-state index contributed by atoms with van der Waals surface area (Å²) in [6, 6.07) is 9.21. The highest BCUT2D eigenvalue weighted by molar-refractivity contribution is 7.90. The van der Waals surface area contributed by atoms with Crippen LogP contribution < -0.4 is 14.2 Å². The number of benzene rings is 2. The molecule has 1 aliphatic heterocycles. The van der Waals surface area contributed by atoms with Crippen LogP contribution in [0.2, 0.25) is 10.0 Å². The summed E-state index contributed by atoms with van der Waals surface area (Å²) < 4.78 is 73.9. The van der Waals surface area contributed by atoms with Crippen molar-refractivity contribution in [3.05, 3.63) is 52.5 Å². The molecule has 208 valence electrons. The fourth-order valence-electron chi connectivity index (χ4n) is 4.90. The molecule has 1 heterocycles. The molecule has 1 saturated carbocycles.